The minimum absolute atomic E-state index is 0.0524. The Balaban J connectivity index is 2.21. The van der Waals surface area contributed by atoms with E-state index in [9.17, 15) is 8.78 Å². The summed E-state index contributed by atoms with van der Waals surface area (Å²) in [6, 6.07) is 3.26. The summed E-state index contributed by atoms with van der Waals surface area (Å²) in [5.74, 6) is -0.992. The minimum atomic E-state index is -0.720. The molecule has 102 valence electrons. The van der Waals surface area contributed by atoms with Gasteiger partial charge in [-0.15, -0.1) is 11.3 Å². The van der Waals surface area contributed by atoms with E-state index < -0.39 is 11.6 Å². The Labute approximate surface area is 116 Å². The van der Waals surface area contributed by atoms with Crippen molar-refractivity contribution in [2.24, 2.45) is 0 Å². The molecule has 2 aromatic heterocycles. The number of hydrogen-bond donors (Lipinski definition) is 1. The van der Waals surface area contributed by atoms with Gasteiger partial charge in [-0.1, -0.05) is 5.16 Å². The van der Waals surface area contributed by atoms with Crippen molar-refractivity contribution in [2.45, 2.75) is 6.92 Å². The molecule has 0 unspecified atom stereocenters. The van der Waals surface area contributed by atoms with E-state index in [4.69, 9.17) is 10.3 Å². The molecule has 0 saturated heterocycles. The quantitative estimate of drug-likeness (QED) is 0.783. The highest BCUT2D eigenvalue weighted by Crippen LogP contribution is 2.39. The average Bonchev–Trinajstić information content (AvgIpc) is 2.96. The third-order valence-electron chi connectivity index (χ3n) is 2.76. The molecule has 3 rings (SSSR count). The minimum Gasteiger partial charge on any atom is -0.380 e. The zero-order chi connectivity index (χ0) is 14.3. The van der Waals surface area contributed by atoms with E-state index in [1.54, 1.807) is 6.20 Å². The van der Waals surface area contributed by atoms with Crippen molar-refractivity contribution in [3.63, 3.8) is 0 Å². The van der Waals surface area contributed by atoms with Gasteiger partial charge in [0.05, 0.1) is 15.4 Å². The normalized spacial score (nSPS) is 10.9. The van der Waals surface area contributed by atoms with Crippen molar-refractivity contribution < 1.29 is 13.3 Å². The monoisotopic (exact) mass is 293 g/mol. The Morgan fingerprint density at radius 2 is 2.10 bits per heavy atom. The summed E-state index contributed by atoms with van der Waals surface area (Å²) in [4.78, 5) is 4.80. The zero-order valence-electron chi connectivity index (χ0n) is 10.4. The van der Waals surface area contributed by atoms with E-state index >= 15 is 0 Å². The largest absolute Gasteiger partial charge is 0.380 e. The second kappa shape index (κ2) is 4.68. The van der Waals surface area contributed by atoms with Crippen LogP contribution in [0.2, 0.25) is 0 Å². The third-order valence-corrected chi connectivity index (χ3v) is 3.68. The number of rotatable bonds is 2. The topological polar surface area (TPSA) is 64.9 Å². The van der Waals surface area contributed by atoms with Gasteiger partial charge in [0.1, 0.15) is 11.6 Å². The molecule has 20 heavy (non-hydrogen) atoms. The van der Waals surface area contributed by atoms with Gasteiger partial charge in [0, 0.05) is 17.8 Å². The molecule has 3 aromatic rings. The van der Waals surface area contributed by atoms with Gasteiger partial charge in [-0.2, -0.15) is 0 Å². The number of nitrogens with zero attached hydrogens (tertiary/aromatic N) is 2. The first-order chi connectivity index (χ1) is 9.56. The highest BCUT2D eigenvalue weighted by Gasteiger charge is 2.22. The summed E-state index contributed by atoms with van der Waals surface area (Å²) in [6.45, 7) is 1.84. The van der Waals surface area contributed by atoms with Gasteiger partial charge >= 0.3 is 0 Å². The van der Waals surface area contributed by atoms with Crippen molar-refractivity contribution >= 4 is 17.2 Å². The second-order valence-corrected chi connectivity index (χ2v) is 5.37. The van der Waals surface area contributed by atoms with Crippen LogP contribution in [0.5, 0.6) is 0 Å². The summed E-state index contributed by atoms with van der Waals surface area (Å²) >= 11 is 1.38. The lowest BCUT2D eigenvalue weighted by molar-refractivity contribution is 0.437. The second-order valence-electron chi connectivity index (χ2n) is 4.14. The molecule has 2 heterocycles. The molecule has 0 spiro atoms. The highest BCUT2D eigenvalue weighted by molar-refractivity contribution is 7.15. The van der Waals surface area contributed by atoms with Gasteiger partial charge in [-0.25, -0.2) is 13.8 Å². The molecular formula is C13H9F2N3OS. The van der Waals surface area contributed by atoms with Gasteiger partial charge in [-0.3, -0.25) is 0 Å². The summed E-state index contributed by atoms with van der Waals surface area (Å²) in [5, 5.41) is 4.50. The fourth-order valence-corrected chi connectivity index (χ4v) is 2.65. The first-order valence-corrected chi connectivity index (χ1v) is 6.51. The van der Waals surface area contributed by atoms with Gasteiger partial charge in [-0.05, 0) is 19.1 Å². The summed E-state index contributed by atoms with van der Waals surface area (Å²) in [7, 11) is 0. The number of nitrogen functional groups attached to an aromatic ring is 1. The standard InChI is InChI=1S/C13H9F2N3OS/c1-6-17-5-10(20-6)12-11(13(16)18-19-12)8-3-2-7(14)4-9(8)15/h2-5H,1H3,(H2,16,18). The molecule has 0 radical (unpaired) electrons. The van der Waals surface area contributed by atoms with Crippen LogP contribution < -0.4 is 5.73 Å². The molecule has 0 fully saturated rings. The molecule has 0 aliphatic carbocycles. The summed E-state index contributed by atoms with van der Waals surface area (Å²) < 4.78 is 32.1. The lowest BCUT2D eigenvalue weighted by atomic mass is 10.0. The van der Waals surface area contributed by atoms with Crippen LogP contribution in [0, 0.1) is 18.6 Å². The van der Waals surface area contributed by atoms with E-state index in [1.807, 2.05) is 6.92 Å². The Morgan fingerprint density at radius 1 is 1.30 bits per heavy atom. The summed E-state index contributed by atoms with van der Waals surface area (Å²) in [6.07, 6.45) is 1.60. The molecule has 0 atom stereocenters. The van der Waals surface area contributed by atoms with Crippen molar-refractivity contribution in [1.82, 2.24) is 10.1 Å². The van der Waals surface area contributed by atoms with Gasteiger partial charge in [0.2, 0.25) is 0 Å². The molecule has 0 aliphatic rings. The Bertz CT molecular complexity index is 782. The number of hydrogen-bond acceptors (Lipinski definition) is 5. The van der Waals surface area contributed by atoms with Crippen LogP contribution in [-0.2, 0) is 0 Å². The number of aromatic nitrogens is 2. The molecule has 0 saturated carbocycles. The van der Waals surface area contributed by atoms with Gasteiger partial charge < -0.3 is 10.3 Å². The number of thiazole rings is 1. The number of aryl methyl sites for hydroxylation is 1. The summed E-state index contributed by atoms with van der Waals surface area (Å²) in [5.41, 5.74) is 6.20. The van der Waals surface area contributed by atoms with Crippen LogP contribution >= 0.6 is 11.3 Å². The maximum absolute atomic E-state index is 13.9. The highest BCUT2D eigenvalue weighted by atomic mass is 32.1. The van der Waals surface area contributed by atoms with Crippen LogP contribution in [0.15, 0.2) is 28.9 Å². The number of halogens is 2. The van der Waals surface area contributed by atoms with Crippen molar-refractivity contribution in [1.29, 1.82) is 0 Å². The third kappa shape index (κ3) is 2.05. The Kier molecular flexibility index (Phi) is 2.98. The van der Waals surface area contributed by atoms with Crippen molar-refractivity contribution in [2.75, 3.05) is 5.73 Å². The number of anilines is 1. The van der Waals surface area contributed by atoms with E-state index in [0.717, 1.165) is 17.1 Å². The SMILES string of the molecule is Cc1ncc(-c2onc(N)c2-c2ccc(F)cc2F)s1. The lowest BCUT2D eigenvalue weighted by Gasteiger charge is -2.03. The van der Waals surface area contributed by atoms with Crippen molar-refractivity contribution in [3.8, 4) is 21.8 Å². The maximum atomic E-state index is 13.9. The van der Waals surface area contributed by atoms with Crippen LogP contribution in [0.25, 0.3) is 21.8 Å². The molecule has 0 amide bonds. The Morgan fingerprint density at radius 3 is 2.75 bits per heavy atom. The van der Waals surface area contributed by atoms with Gasteiger partial charge in [0.15, 0.2) is 11.6 Å². The van der Waals surface area contributed by atoms with Gasteiger partial charge in [0.25, 0.3) is 0 Å². The van der Waals surface area contributed by atoms with Crippen LogP contribution in [-0.4, -0.2) is 10.1 Å². The molecule has 0 bridgehead atoms. The van der Waals surface area contributed by atoms with Crippen LogP contribution in [0.4, 0.5) is 14.6 Å². The zero-order valence-corrected chi connectivity index (χ0v) is 11.2. The molecular weight excluding hydrogens is 284 g/mol. The van der Waals surface area contributed by atoms with E-state index in [-0.39, 0.29) is 11.4 Å². The van der Waals surface area contributed by atoms with E-state index in [0.29, 0.717) is 16.2 Å². The molecule has 2 N–H and O–H groups in total. The van der Waals surface area contributed by atoms with E-state index in [1.165, 1.54) is 17.4 Å². The number of nitrogens with two attached hydrogens (primary N) is 1. The predicted octanol–water partition coefficient (Wildman–Crippen LogP) is 3.63. The average molecular weight is 293 g/mol. The fourth-order valence-electron chi connectivity index (χ4n) is 1.89. The van der Waals surface area contributed by atoms with Crippen LogP contribution in [0.3, 0.4) is 0 Å². The molecule has 1 aromatic carbocycles. The smallest absolute Gasteiger partial charge is 0.188 e. The molecule has 4 nitrogen and oxygen atoms in total. The number of benzene rings is 1. The molecule has 0 aliphatic heterocycles. The van der Waals surface area contributed by atoms with E-state index in [2.05, 4.69) is 10.1 Å². The van der Waals surface area contributed by atoms with Crippen molar-refractivity contribution in [3.05, 3.63) is 41.0 Å². The molecule has 7 heteroatoms. The maximum Gasteiger partial charge on any atom is 0.188 e. The first kappa shape index (κ1) is 12.7. The van der Waals surface area contributed by atoms with Crippen LogP contribution in [0.1, 0.15) is 5.01 Å². The fraction of sp³-hybridized carbons (Fsp3) is 0.0769. The Hall–Kier alpha value is -2.28. The lowest BCUT2D eigenvalue weighted by Crippen LogP contribution is -1.92. The first-order valence-electron chi connectivity index (χ1n) is 5.69. The predicted molar refractivity (Wildman–Crippen MR) is 72.1 cm³/mol.